The van der Waals surface area contributed by atoms with Gasteiger partial charge in [0.1, 0.15) is 0 Å². The fraction of sp³-hybridized carbons (Fsp3) is 0.222. The summed E-state index contributed by atoms with van der Waals surface area (Å²) >= 11 is 0. The van der Waals surface area contributed by atoms with E-state index in [4.69, 9.17) is 5.73 Å². The van der Waals surface area contributed by atoms with E-state index < -0.39 is 23.2 Å². The molecular weight excluding hydrogens is 195 g/mol. The lowest BCUT2D eigenvalue weighted by Crippen LogP contribution is -2.18. The number of hydrogen-bond donors (Lipinski definition) is 1. The van der Waals surface area contributed by atoms with Gasteiger partial charge in [-0.15, -0.1) is 0 Å². The van der Waals surface area contributed by atoms with Crippen LogP contribution in [-0.2, 0) is 6.18 Å². The Bertz CT molecular complexity index is 371. The summed E-state index contributed by atoms with van der Waals surface area (Å²) in [5.74, 6) is -1.07. The maximum atomic E-state index is 12.3. The number of rotatable bonds is 1. The van der Waals surface area contributed by atoms with Crippen molar-refractivity contribution in [1.29, 1.82) is 0 Å². The summed E-state index contributed by atoms with van der Waals surface area (Å²) in [7, 11) is 0. The van der Waals surface area contributed by atoms with Gasteiger partial charge in [0.2, 0.25) is 5.91 Å². The highest BCUT2D eigenvalue weighted by Crippen LogP contribution is 2.32. The summed E-state index contributed by atoms with van der Waals surface area (Å²) in [6.45, 7) is 1.59. The number of halogens is 3. The molecule has 2 N–H and O–H groups in total. The average molecular weight is 203 g/mol. The lowest BCUT2D eigenvalue weighted by Gasteiger charge is -2.10. The third-order valence-electron chi connectivity index (χ3n) is 1.75. The van der Waals surface area contributed by atoms with Crippen LogP contribution in [-0.4, -0.2) is 5.91 Å². The second kappa shape index (κ2) is 3.32. The Kier molecular flexibility index (Phi) is 2.51. The molecular formula is C9H8F3NO. The number of amides is 1. The zero-order valence-corrected chi connectivity index (χ0v) is 7.35. The van der Waals surface area contributed by atoms with Crippen LogP contribution in [0.15, 0.2) is 18.2 Å². The second-order valence-electron chi connectivity index (χ2n) is 2.91. The molecule has 1 rings (SSSR count). The van der Waals surface area contributed by atoms with E-state index in [0.717, 1.165) is 12.1 Å². The Morgan fingerprint density at radius 1 is 1.36 bits per heavy atom. The average Bonchev–Trinajstić information content (AvgIpc) is 2.01. The highest BCUT2D eigenvalue weighted by molar-refractivity contribution is 5.94. The molecule has 14 heavy (non-hydrogen) atoms. The first-order valence-electron chi connectivity index (χ1n) is 3.80. The minimum atomic E-state index is -4.54. The summed E-state index contributed by atoms with van der Waals surface area (Å²) in [5, 5.41) is 0. The molecule has 0 heterocycles. The molecule has 1 aromatic carbocycles. The van der Waals surface area contributed by atoms with Gasteiger partial charge in [0.25, 0.3) is 0 Å². The molecule has 0 bridgehead atoms. The molecule has 0 radical (unpaired) electrons. The number of hydrogen-bond acceptors (Lipinski definition) is 1. The van der Waals surface area contributed by atoms with Gasteiger partial charge >= 0.3 is 6.18 Å². The zero-order chi connectivity index (χ0) is 10.9. The van der Waals surface area contributed by atoms with Crippen molar-refractivity contribution in [2.24, 2.45) is 5.73 Å². The molecule has 1 aromatic rings. The van der Waals surface area contributed by atoms with Crippen LogP contribution in [0.2, 0.25) is 0 Å². The number of alkyl halides is 3. The first-order chi connectivity index (χ1) is 6.32. The van der Waals surface area contributed by atoms with Crippen molar-refractivity contribution in [1.82, 2.24) is 0 Å². The molecule has 0 unspecified atom stereocenters. The van der Waals surface area contributed by atoms with Crippen molar-refractivity contribution in [3.05, 3.63) is 34.9 Å². The number of carbonyl (C=O) groups excluding carboxylic acids is 1. The van der Waals surface area contributed by atoms with Crippen molar-refractivity contribution in [2.45, 2.75) is 13.1 Å². The smallest absolute Gasteiger partial charge is 0.366 e. The highest BCUT2D eigenvalue weighted by atomic mass is 19.4. The maximum Gasteiger partial charge on any atom is 0.417 e. The van der Waals surface area contributed by atoms with Crippen LogP contribution in [0.25, 0.3) is 0 Å². The second-order valence-corrected chi connectivity index (χ2v) is 2.91. The van der Waals surface area contributed by atoms with E-state index in [9.17, 15) is 18.0 Å². The third kappa shape index (κ3) is 2.04. The van der Waals surface area contributed by atoms with Crippen LogP contribution in [0.1, 0.15) is 21.5 Å². The van der Waals surface area contributed by atoms with Gasteiger partial charge in [-0.05, 0) is 19.1 Å². The molecule has 0 aromatic heterocycles. The Balaban J connectivity index is 3.37. The molecule has 0 aliphatic rings. The van der Waals surface area contributed by atoms with Crippen molar-refractivity contribution in [3.8, 4) is 0 Å². The van der Waals surface area contributed by atoms with E-state index in [1.165, 1.54) is 6.07 Å². The highest BCUT2D eigenvalue weighted by Gasteiger charge is 2.34. The van der Waals surface area contributed by atoms with Crippen LogP contribution < -0.4 is 5.73 Å². The van der Waals surface area contributed by atoms with Gasteiger partial charge in [0.05, 0.1) is 11.1 Å². The van der Waals surface area contributed by atoms with Gasteiger partial charge in [-0.2, -0.15) is 13.2 Å². The summed E-state index contributed by atoms with van der Waals surface area (Å²) < 4.78 is 37.0. The van der Waals surface area contributed by atoms with E-state index in [1.54, 1.807) is 6.92 Å². The molecule has 1 amide bonds. The number of carbonyl (C=O) groups is 1. The Morgan fingerprint density at radius 3 is 2.36 bits per heavy atom. The molecule has 0 spiro atoms. The predicted molar refractivity (Wildman–Crippen MR) is 44.7 cm³/mol. The SMILES string of the molecule is Cc1ccc(C(F)(F)F)c(C(N)=O)c1. The predicted octanol–water partition coefficient (Wildman–Crippen LogP) is 2.11. The first-order valence-corrected chi connectivity index (χ1v) is 3.80. The third-order valence-corrected chi connectivity index (χ3v) is 1.75. The van der Waals surface area contributed by atoms with Crippen molar-refractivity contribution >= 4 is 5.91 Å². The van der Waals surface area contributed by atoms with Crippen molar-refractivity contribution in [2.75, 3.05) is 0 Å². The molecule has 0 aliphatic carbocycles. The number of aryl methyl sites for hydroxylation is 1. The molecule has 0 saturated carbocycles. The summed E-state index contributed by atoms with van der Waals surface area (Å²) in [5.41, 5.74) is 3.92. The summed E-state index contributed by atoms with van der Waals surface area (Å²) in [4.78, 5) is 10.7. The molecule has 0 saturated heterocycles. The van der Waals surface area contributed by atoms with Crippen molar-refractivity contribution in [3.63, 3.8) is 0 Å². The van der Waals surface area contributed by atoms with Gasteiger partial charge in [-0.25, -0.2) is 0 Å². The van der Waals surface area contributed by atoms with Gasteiger partial charge in [0, 0.05) is 0 Å². The molecule has 76 valence electrons. The van der Waals surface area contributed by atoms with Crippen LogP contribution in [0.4, 0.5) is 13.2 Å². The molecule has 2 nitrogen and oxygen atoms in total. The van der Waals surface area contributed by atoms with E-state index in [2.05, 4.69) is 0 Å². The molecule has 0 atom stereocenters. The molecule has 5 heteroatoms. The standard InChI is InChI=1S/C9H8F3NO/c1-5-2-3-7(9(10,11)12)6(4-5)8(13)14/h2-4H,1H3,(H2,13,14). The lowest BCUT2D eigenvalue weighted by atomic mass is 10.0. The van der Waals surface area contributed by atoms with E-state index >= 15 is 0 Å². The topological polar surface area (TPSA) is 43.1 Å². The van der Waals surface area contributed by atoms with Crippen molar-refractivity contribution < 1.29 is 18.0 Å². The maximum absolute atomic E-state index is 12.3. The van der Waals surface area contributed by atoms with Gasteiger partial charge in [0.15, 0.2) is 0 Å². The van der Waals surface area contributed by atoms with Crippen LogP contribution in [0.5, 0.6) is 0 Å². The van der Waals surface area contributed by atoms with Gasteiger partial charge < -0.3 is 5.73 Å². The summed E-state index contributed by atoms with van der Waals surface area (Å²) in [6, 6.07) is 3.27. The van der Waals surface area contributed by atoms with Crippen LogP contribution in [0, 0.1) is 6.92 Å². The fourth-order valence-electron chi connectivity index (χ4n) is 1.11. The number of nitrogens with two attached hydrogens (primary N) is 1. The minimum Gasteiger partial charge on any atom is -0.366 e. The van der Waals surface area contributed by atoms with E-state index in [0.29, 0.717) is 5.56 Å². The van der Waals surface area contributed by atoms with E-state index in [1.807, 2.05) is 0 Å². The fourth-order valence-corrected chi connectivity index (χ4v) is 1.11. The Labute approximate surface area is 78.5 Å². The van der Waals surface area contributed by atoms with Crippen LogP contribution in [0.3, 0.4) is 0 Å². The minimum absolute atomic E-state index is 0.488. The molecule has 0 fully saturated rings. The lowest BCUT2D eigenvalue weighted by molar-refractivity contribution is -0.137. The van der Waals surface area contributed by atoms with Crippen LogP contribution >= 0.6 is 0 Å². The first kappa shape index (κ1) is 10.6. The molecule has 0 aliphatic heterocycles. The van der Waals surface area contributed by atoms with E-state index in [-0.39, 0.29) is 0 Å². The normalized spacial score (nSPS) is 11.4. The number of benzene rings is 1. The number of primary amides is 1. The zero-order valence-electron chi connectivity index (χ0n) is 7.35. The van der Waals surface area contributed by atoms with Gasteiger partial charge in [-0.3, -0.25) is 4.79 Å². The Hall–Kier alpha value is -1.52. The Morgan fingerprint density at radius 2 is 1.93 bits per heavy atom. The largest absolute Gasteiger partial charge is 0.417 e. The van der Waals surface area contributed by atoms with Gasteiger partial charge in [-0.1, -0.05) is 11.6 Å². The quantitative estimate of drug-likeness (QED) is 0.746. The summed E-state index contributed by atoms with van der Waals surface area (Å²) in [6.07, 6.45) is -4.54. The monoisotopic (exact) mass is 203 g/mol.